The minimum Gasteiger partial charge on any atom is -0.193 e. The topological polar surface area (TPSA) is 21.7 Å². The van der Waals surface area contributed by atoms with Gasteiger partial charge in [-0.1, -0.05) is 66.2 Å². The SMILES string of the molecule is CCc1n(-c2ccccc2)nc(-c2ccccc2)[n+]1-c1ccccc1. The lowest BCUT2D eigenvalue weighted by atomic mass is 10.2. The molecule has 25 heavy (non-hydrogen) atoms. The molecular weight excluding hydrogens is 306 g/mol. The van der Waals surface area contributed by atoms with Crippen LogP contribution in [0, 0.1) is 0 Å². The first-order valence-electron chi connectivity index (χ1n) is 8.58. The van der Waals surface area contributed by atoms with Crippen LogP contribution in [0.4, 0.5) is 0 Å². The van der Waals surface area contributed by atoms with Gasteiger partial charge in [0.15, 0.2) is 0 Å². The number of benzene rings is 3. The van der Waals surface area contributed by atoms with E-state index in [0.717, 1.165) is 35.0 Å². The summed E-state index contributed by atoms with van der Waals surface area (Å²) in [7, 11) is 0. The fourth-order valence-electron chi connectivity index (χ4n) is 3.12. The number of nitrogens with zero attached hydrogens (tertiary/aromatic N) is 3. The maximum Gasteiger partial charge on any atom is 0.314 e. The van der Waals surface area contributed by atoms with Gasteiger partial charge in [-0.2, -0.15) is 4.57 Å². The molecule has 0 aliphatic carbocycles. The number of hydrogen-bond acceptors (Lipinski definition) is 1. The lowest BCUT2D eigenvalue weighted by Gasteiger charge is -2.04. The first-order chi connectivity index (χ1) is 12.4. The van der Waals surface area contributed by atoms with Gasteiger partial charge in [0.05, 0.1) is 10.7 Å². The van der Waals surface area contributed by atoms with Gasteiger partial charge in [-0.25, -0.2) is 0 Å². The summed E-state index contributed by atoms with van der Waals surface area (Å²) in [6, 6.07) is 31.1. The van der Waals surface area contributed by atoms with E-state index in [1.807, 2.05) is 30.3 Å². The van der Waals surface area contributed by atoms with Gasteiger partial charge in [-0.15, -0.1) is 0 Å². The zero-order valence-corrected chi connectivity index (χ0v) is 14.2. The molecule has 1 aromatic heterocycles. The first-order valence-corrected chi connectivity index (χ1v) is 8.58. The van der Waals surface area contributed by atoms with E-state index in [2.05, 4.69) is 76.8 Å². The molecule has 122 valence electrons. The van der Waals surface area contributed by atoms with Crippen LogP contribution < -0.4 is 4.57 Å². The molecule has 0 unspecified atom stereocenters. The van der Waals surface area contributed by atoms with E-state index in [9.17, 15) is 0 Å². The highest BCUT2D eigenvalue weighted by Crippen LogP contribution is 2.19. The molecule has 1 heterocycles. The minimum atomic E-state index is 0.879. The molecule has 3 heteroatoms. The molecule has 4 rings (SSSR count). The monoisotopic (exact) mass is 326 g/mol. The van der Waals surface area contributed by atoms with Crippen LogP contribution >= 0.6 is 0 Å². The molecule has 0 saturated heterocycles. The fraction of sp³-hybridized carbons (Fsp3) is 0.0909. The number of aromatic nitrogens is 3. The zero-order chi connectivity index (χ0) is 17.1. The normalized spacial score (nSPS) is 10.8. The molecule has 0 atom stereocenters. The molecule has 0 bridgehead atoms. The Hall–Kier alpha value is -3.20. The Kier molecular flexibility index (Phi) is 4.13. The van der Waals surface area contributed by atoms with Crippen LogP contribution in [0.3, 0.4) is 0 Å². The van der Waals surface area contributed by atoms with Crippen molar-refractivity contribution < 1.29 is 4.57 Å². The molecule has 0 fully saturated rings. The van der Waals surface area contributed by atoms with E-state index in [0.29, 0.717) is 0 Å². The zero-order valence-electron chi connectivity index (χ0n) is 14.2. The highest BCUT2D eigenvalue weighted by atomic mass is 15.4. The molecule has 0 aliphatic heterocycles. The van der Waals surface area contributed by atoms with Gasteiger partial charge in [0.2, 0.25) is 5.82 Å². The van der Waals surface area contributed by atoms with Gasteiger partial charge in [-0.3, -0.25) is 0 Å². The molecule has 0 radical (unpaired) electrons. The Labute approximate surface area is 147 Å². The molecule has 0 amide bonds. The summed E-state index contributed by atoms with van der Waals surface area (Å²) in [4.78, 5) is 0. The lowest BCUT2D eigenvalue weighted by molar-refractivity contribution is -0.593. The van der Waals surface area contributed by atoms with E-state index >= 15 is 0 Å². The van der Waals surface area contributed by atoms with Crippen molar-refractivity contribution in [3.8, 4) is 22.8 Å². The van der Waals surface area contributed by atoms with E-state index < -0.39 is 0 Å². The molecule has 4 aromatic rings. The summed E-state index contributed by atoms with van der Waals surface area (Å²) in [5.74, 6) is 2.10. The summed E-state index contributed by atoms with van der Waals surface area (Å²) in [6.07, 6.45) is 0.879. The van der Waals surface area contributed by atoms with Crippen LogP contribution in [-0.4, -0.2) is 9.78 Å². The molecule has 3 nitrogen and oxygen atoms in total. The predicted molar refractivity (Wildman–Crippen MR) is 99.9 cm³/mol. The average Bonchev–Trinajstić information content (AvgIpc) is 3.09. The average molecular weight is 326 g/mol. The summed E-state index contributed by atoms with van der Waals surface area (Å²) in [5, 5.41) is 4.98. The van der Waals surface area contributed by atoms with Crippen LogP contribution in [0.5, 0.6) is 0 Å². The molecule has 0 N–H and O–H groups in total. The van der Waals surface area contributed by atoms with Crippen LogP contribution in [0.2, 0.25) is 0 Å². The maximum atomic E-state index is 4.98. The number of para-hydroxylation sites is 2. The highest BCUT2D eigenvalue weighted by molar-refractivity contribution is 5.52. The number of rotatable bonds is 4. The van der Waals surface area contributed by atoms with Crippen molar-refractivity contribution >= 4 is 0 Å². The van der Waals surface area contributed by atoms with Crippen molar-refractivity contribution in [2.24, 2.45) is 0 Å². The summed E-state index contributed by atoms with van der Waals surface area (Å²) >= 11 is 0. The summed E-state index contributed by atoms with van der Waals surface area (Å²) in [6.45, 7) is 2.17. The van der Waals surface area contributed by atoms with E-state index in [-0.39, 0.29) is 0 Å². The van der Waals surface area contributed by atoms with Crippen molar-refractivity contribution in [1.29, 1.82) is 0 Å². The molecule has 0 aliphatic rings. The second-order valence-corrected chi connectivity index (χ2v) is 5.88. The van der Waals surface area contributed by atoms with Crippen LogP contribution in [0.1, 0.15) is 12.7 Å². The third kappa shape index (κ3) is 2.85. The highest BCUT2D eigenvalue weighted by Gasteiger charge is 2.27. The standard InChI is InChI=1S/C22H20N3/c1-2-21-24(19-14-8-4-9-15-19)22(18-12-6-3-7-13-18)23-25(21)20-16-10-5-11-17-20/h3-17H,2H2,1H3/q+1. The number of hydrogen-bond donors (Lipinski definition) is 0. The van der Waals surface area contributed by atoms with Crippen LogP contribution in [0.15, 0.2) is 91.0 Å². The van der Waals surface area contributed by atoms with Gasteiger partial charge in [-0.05, 0) is 36.4 Å². The van der Waals surface area contributed by atoms with Crippen LogP contribution in [-0.2, 0) is 6.42 Å². The van der Waals surface area contributed by atoms with Crippen molar-refractivity contribution in [3.05, 3.63) is 96.8 Å². The maximum absolute atomic E-state index is 4.98. The van der Waals surface area contributed by atoms with Crippen molar-refractivity contribution in [2.75, 3.05) is 0 Å². The third-order valence-electron chi connectivity index (χ3n) is 4.27. The molecular formula is C22H20N3+. The summed E-state index contributed by atoms with van der Waals surface area (Å²) in [5.41, 5.74) is 3.31. The van der Waals surface area contributed by atoms with E-state index in [1.54, 1.807) is 0 Å². The van der Waals surface area contributed by atoms with Crippen molar-refractivity contribution in [3.63, 3.8) is 0 Å². The van der Waals surface area contributed by atoms with Gasteiger partial charge >= 0.3 is 5.82 Å². The Morgan fingerprint density at radius 3 is 1.92 bits per heavy atom. The van der Waals surface area contributed by atoms with Gasteiger partial charge in [0, 0.05) is 6.42 Å². The Morgan fingerprint density at radius 2 is 1.32 bits per heavy atom. The van der Waals surface area contributed by atoms with E-state index in [4.69, 9.17) is 5.10 Å². The Morgan fingerprint density at radius 1 is 0.760 bits per heavy atom. The third-order valence-corrected chi connectivity index (χ3v) is 4.27. The second-order valence-electron chi connectivity index (χ2n) is 5.88. The predicted octanol–water partition coefficient (Wildman–Crippen LogP) is 4.38. The molecule has 3 aromatic carbocycles. The van der Waals surface area contributed by atoms with Crippen molar-refractivity contribution in [1.82, 2.24) is 9.78 Å². The Bertz CT molecular complexity index is 958. The molecule has 0 spiro atoms. The quantitative estimate of drug-likeness (QED) is 0.510. The largest absolute Gasteiger partial charge is 0.314 e. The first kappa shape index (κ1) is 15.3. The lowest BCUT2D eigenvalue weighted by Crippen LogP contribution is -2.36. The Balaban J connectivity index is 2.02. The van der Waals surface area contributed by atoms with Gasteiger partial charge in [0.25, 0.3) is 0 Å². The van der Waals surface area contributed by atoms with Gasteiger partial charge < -0.3 is 0 Å². The molecule has 0 saturated carbocycles. The fourth-order valence-corrected chi connectivity index (χ4v) is 3.12. The van der Waals surface area contributed by atoms with Gasteiger partial charge in [0.1, 0.15) is 11.4 Å². The summed E-state index contributed by atoms with van der Waals surface area (Å²) < 4.78 is 4.30. The smallest absolute Gasteiger partial charge is 0.193 e. The van der Waals surface area contributed by atoms with Crippen LogP contribution in [0.25, 0.3) is 22.8 Å². The van der Waals surface area contributed by atoms with Crippen molar-refractivity contribution in [2.45, 2.75) is 13.3 Å². The second kappa shape index (κ2) is 6.73. The van der Waals surface area contributed by atoms with E-state index in [1.165, 1.54) is 0 Å². The minimum absolute atomic E-state index is 0.879.